The van der Waals surface area contributed by atoms with E-state index in [1.807, 2.05) is 0 Å². The van der Waals surface area contributed by atoms with Crippen LogP contribution in [0.25, 0.3) is 0 Å². The van der Waals surface area contributed by atoms with Crippen LogP contribution in [0.4, 0.5) is 17.8 Å². The molecule has 0 bridgehead atoms. The van der Waals surface area contributed by atoms with E-state index in [0.29, 0.717) is 17.9 Å². The van der Waals surface area contributed by atoms with Gasteiger partial charge in [0.1, 0.15) is 0 Å². The zero-order valence-corrected chi connectivity index (χ0v) is 11.7. The Bertz CT molecular complexity index is 401. The van der Waals surface area contributed by atoms with Gasteiger partial charge in [-0.3, -0.25) is 0 Å². The summed E-state index contributed by atoms with van der Waals surface area (Å²) in [6, 6.07) is 0.414. The smallest absolute Gasteiger partial charge is 0.229 e. The van der Waals surface area contributed by atoms with Crippen LogP contribution in [-0.4, -0.2) is 52.6 Å². The molecule has 0 spiro atoms. The summed E-state index contributed by atoms with van der Waals surface area (Å²) >= 11 is 0. The first-order valence-corrected chi connectivity index (χ1v) is 6.88. The second-order valence-corrected chi connectivity index (χ2v) is 4.99. The first-order valence-electron chi connectivity index (χ1n) is 6.88. The molecule has 7 nitrogen and oxygen atoms in total. The number of piperidine rings is 1. The lowest BCUT2D eigenvalue weighted by atomic mass is 10.1. The van der Waals surface area contributed by atoms with E-state index in [1.165, 1.54) is 0 Å². The lowest BCUT2D eigenvalue weighted by molar-refractivity contribution is 0.263. The molecule has 1 aliphatic heterocycles. The average Bonchev–Trinajstić information content (AvgIpc) is 2.38. The topological polar surface area (TPSA) is 92.0 Å². The molecule has 1 aliphatic rings. The van der Waals surface area contributed by atoms with Crippen LogP contribution in [0.1, 0.15) is 26.2 Å². The van der Waals surface area contributed by atoms with Crippen LogP contribution in [0.5, 0.6) is 0 Å². The third-order valence-electron chi connectivity index (χ3n) is 3.24. The van der Waals surface area contributed by atoms with Gasteiger partial charge in [0, 0.05) is 12.6 Å². The van der Waals surface area contributed by atoms with Crippen molar-refractivity contribution in [2.75, 3.05) is 43.0 Å². The molecule has 0 amide bonds. The van der Waals surface area contributed by atoms with Crippen LogP contribution in [-0.2, 0) is 0 Å². The quantitative estimate of drug-likeness (QED) is 0.724. The fraction of sp³-hybridized carbons (Fsp3) is 0.750. The summed E-state index contributed by atoms with van der Waals surface area (Å²) in [6.07, 6.45) is 3.21. The summed E-state index contributed by atoms with van der Waals surface area (Å²) in [7, 11) is 2.14. The fourth-order valence-electron chi connectivity index (χ4n) is 2.11. The Morgan fingerprint density at radius 2 is 1.89 bits per heavy atom. The second kappa shape index (κ2) is 6.51. The molecule has 7 heteroatoms. The van der Waals surface area contributed by atoms with E-state index < -0.39 is 0 Å². The van der Waals surface area contributed by atoms with Gasteiger partial charge in [0.2, 0.25) is 17.8 Å². The summed E-state index contributed by atoms with van der Waals surface area (Å²) in [6.45, 7) is 5.12. The highest BCUT2D eigenvalue weighted by Gasteiger charge is 2.17. The number of rotatable bonds is 5. The monoisotopic (exact) mass is 265 g/mol. The maximum Gasteiger partial charge on any atom is 0.229 e. The van der Waals surface area contributed by atoms with Crippen molar-refractivity contribution < 1.29 is 0 Å². The molecule has 0 saturated carbocycles. The number of likely N-dealkylation sites (tertiary alicyclic amines) is 1. The Labute approximate surface area is 114 Å². The average molecular weight is 265 g/mol. The number of hydrogen-bond acceptors (Lipinski definition) is 7. The molecule has 0 atom stereocenters. The number of nitrogens with zero attached hydrogens (tertiary/aromatic N) is 4. The normalized spacial score (nSPS) is 17.4. The van der Waals surface area contributed by atoms with E-state index in [2.05, 4.69) is 44.5 Å². The molecule has 19 heavy (non-hydrogen) atoms. The molecule has 1 aromatic rings. The number of nitrogen functional groups attached to an aromatic ring is 1. The largest absolute Gasteiger partial charge is 0.368 e. The van der Waals surface area contributed by atoms with E-state index in [4.69, 9.17) is 5.73 Å². The SMILES string of the molecule is CCCNc1nc(N)nc(NC2CCN(C)CC2)n1. The highest BCUT2D eigenvalue weighted by Crippen LogP contribution is 2.14. The number of hydrogen-bond donors (Lipinski definition) is 3. The molecule has 0 aliphatic carbocycles. The predicted octanol–water partition coefficient (Wildman–Crippen LogP) is 0.782. The fourth-order valence-corrected chi connectivity index (χ4v) is 2.11. The number of nitrogens with two attached hydrogens (primary N) is 1. The second-order valence-electron chi connectivity index (χ2n) is 4.99. The molecule has 1 aromatic heterocycles. The minimum atomic E-state index is 0.254. The first-order chi connectivity index (χ1) is 9.17. The number of anilines is 3. The van der Waals surface area contributed by atoms with Crippen molar-refractivity contribution >= 4 is 17.8 Å². The van der Waals surface area contributed by atoms with Crippen molar-refractivity contribution in [1.29, 1.82) is 0 Å². The minimum Gasteiger partial charge on any atom is -0.368 e. The molecule has 106 valence electrons. The number of nitrogens with one attached hydrogen (secondary N) is 2. The molecular weight excluding hydrogens is 242 g/mol. The van der Waals surface area contributed by atoms with Crippen LogP contribution in [0.2, 0.25) is 0 Å². The van der Waals surface area contributed by atoms with Gasteiger partial charge in [-0.05, 0) is 39.4 Å². The molecule has 2 rings (SSSR count). The Hall–Kier alpha value is -1.63. The summed E-state index contributed by atoms with van der Waals surface area (Å²) in [4.78, 5) is 14.9. The van der Waals surface area contributed by atoms with Gasteiger partial charge in [-0.2, -0.15) is 15.0 Å². The van der Waals surface area contributed by atoms with Crippen LogP contribution in [0.3, 0.4) is 0 Å². The summed E-state index contributed by atoms with van der Waals surface area (Å²) in [5.41, 5.74) is 5.71. The van der Waals surface area contributed by atoms with Gasteiger partial charge in [0.25, 0.3) is 0 Å². The first kappa shape index (κ1) is 13.8. The molecule has 0 radical (unpaired) electrons. The number of aromatic nitrogens is 3. The Balaban J connectivity index is 1.97. The van der Waals surface area contributed by atoms with Crippen molar-refractivity contribution in [2.24, 2.45) is 0 Å². The van der Waals surface area contributed by atoms with E-state index in [1.54, 1.807) is 0 Å². The standard InChI is InChI=1S/C12H23N7/c1-3-6-14-11-16-10(13)17-12(18-11)15-9-4-7-19(2)8-5-9/h9H,3-8H2,1-2H3,(H4,13,14,15,16,17,18). The van der Waals surface area contributed by atoms with Crippen LogP contribution >= 0.6 is 0 Å². The van der Waals surface area contributed by atoms with E-state index in [-0.39, 0.29) is 5.95 Å². The van der Waals surface area contributed by atoms with Crippen molar-refractivity contribution in [3.8, 4) is 0 Å². The summed E-state index contributed by atoms with van der Waals surface area (Å²) in [5.74, 6) is 1.37. The lowest BCUT2D eigenvalue weighted by Crippen LogP contribution is -2.37. The highest BCUT2D eigenvalue weighted by atomic mass is 15.3. The summed E-state index contributed by atoms with van der Waals surface area (Å²) in [5, 5.41) is 6.48. The van der Waals surface area contributed by atoms with Gasteiger partial charge in [-0.1, -0.05) is 6.92 Å². The van der Waals surface area contributed by atoms with Gasteiger partial charge in [0.05, 0.1) is 0 Å². The van der Waals surface area contributed by atoms with E-state index in [9.17, 15) is 0 Å². The molecular formula is C12H23N7. The maximum atomic E-state index is 5.71. The maximum absolute atomic E-state index is 5.71. The molecule has 2 heterocycles. The Morgan fingerprint density at radius 1 is 1.21 bits per heavy atom. The molecule has 1 fully saturated rings. The van der Waals surface area contributed by atoms with E-state index in [0.717, 1.165) is 38.9 Å². The van der Waals surface area contributed by atoms with E-state index >= 15 is 0 Å². The summed E-state index contributed by atoms with van der Waals surface area (Å²) < 4.78 is 0. The highest BCUT2D eigenvalue weighted by molar-refractivity contribution is 5.40. The molecule has 1 saturated heterocycles. The minimum absolute atomic E-state index is 0.254. The van der Waals surface area contributed by atoms with Gasteiger partial charge in [-0.25, -0.2) is 0 Å². The van der Waals surface area contributed by atoms with Crippen molar-refractivity contribution in [2.45, 2.75) is 32.2 Å². The van der Waals surface area contributed by atoms with Crippen LogP contribution in [0.15, 0.2) is 0 Å². The van der Waals surface area contributed by atoms with Crippen LogP contribution < -0.4 is 16.4 Å². The predicted molar refractivity (Wildman–Crippen MR) is 77.2 cm³/mol. The molecule has 0 aromatic carbocycles. The Kier molecular flexibility index (Phi) is 4.73. The molecule has 0 unspecified atom stereocenters. The van der Waals surface area contributed by atoms with Gasteiger partial charge in [-0.15, -0.1) is 0 Å². The Morgan fingerprint density at radius 3 is 2.58 bits per heavy atom. The van der Waals surface area contributed by atoms with Crippen molar-refractivity contribution in [1.82, 2.24) is 19.9 Å². The van der Waals surface area contributed by atoms with Gasteiger partial charge < -0.3 is 21.3 Å². The molecule has 4 N–H and O–H groups in total. The van der Waals surface area contributed by atoms with Crippen LogP contribution in [0, 0.1) is 0 Å². The van der Waals surface area contributed by atoms with Gasteiger partial charge >= 0.3 is 0 Å². The van der Waals surface area contributed by atoms with Gasteiger partial charge in [0.15, 0.2) is 0 Å². The lowest BCUT2D eigenvalue weighted by Gasteiger charge is -2.29. The zero-order chi connectivity index (χ0) is 13.7. The zero-order valence-electron chi connectivity index (χ0n) is 11.7. The third kappa shape index (κ3) is 4.20. The third-order valence-corrected chi connectivity index (χ3v) is 3.24. The van der Waals surface area contributed by atoms with Crippen molar-refractivity contribution in [3.05, 3.63) is 0 Å². The van der Waals surface area contributed by atoms with Crippen molar-refractivity contribution in [3.63, 3.8) is 0 Å².